The lowest BCUT2D eigenvalue weighted by molar-refractivity contribution is -0.123. The molecular weight excluding hydrogens is 377 g/mol. The van der Waals surface area contributed by atoms with Crippen molar-refractivity contribution in [2.75, 3.05) is 5.32 Å². The Labute approximate surface area is 165 Å². The summed E-state index contributed by atoms with van der Waals surface area (Å²) in [6, 6.07) is 14.7. The first-order chi connectivity index (χ1) is 13.5. The number of anilines is 1. The Morgan fingerprint density at radius 2 is 1.93 bits per heavy atom. The van der Waals surface area contributed by atoms with E-state index in [-0.39, 0.29) is 17.6 Å². The molecule has 0 saturated heterocycles. The lowest BCUT2D eigenvalue weighted by atomic mass is 10.2. The lowest BCUT2D eigenvalue weighted by Gasteiger charge is -2.11. The molecule has 0 saturated carbocycles. The van der Waals surface area contributed by atoms with Gasteiger partial charge in [0.2, 0.25) is 11.8 Å². The number of hydrogen-bond donors (Lipinski definition) is 2. The Balaban J connectivity index is 1.55. The van der Waals surface area contributed by atoms with Crippen LogP contribution < -0.4 is 10.6 Å². The highest BCUT2D eigenvalue weighted by atomic mass is 32.1. The van der Waals surface area contributed by atoms with E-state index in [0.29, 0.717) is 16.4 Å². The molecular formula is C21H18FN3O2S. The van der Waals surface area contributed by atoms with Crippen molar-refractivity contribution in [3.8, 4) is 11.3 Å². The number of aromatic nitrogens is 1. The summed E-state index contributed by atoms with van der Waals surface area (Å²) in [7, 11) is 0. The number of halogens is 1. The van der Waals surface area contributed by atoms with E-state index in [4.69, 9.17) is 0 Å². The molecule has 2 N–H and O–H groups in total. The van der Waals surface area contributed by atoms with Gasteiger partial charge < -0.3 is 10.6 Å². The first kappa shape index (κ1) is 19.4. The summed E-state index contributed by atoms with van der Waals surface area (Å²) in [4.78, 5) is 28.5. The monoisotopic (exact) mass is 395 g/mol. The Morgan fingerprint density at radius 1 is 1.14 bits per heavy atom. The molecule has 3 rings (SSSR count). The lowest BCUT2D eigenvalue weighted by Crippen LogP contribution is -2.40. The van der Waals surface area contributed by atoms with E-state index < -0.39 is 6.04 Å². The highest BCUT2D eigenvalue weighted by Gasteiger charge is 2.16. The number of carbonyl (C=O) groups is 2. The molecule has 1 heterocycles. The van der Waals surface area contributed by atoms with Crippen molar-refractivity contribution in [2.24, 2.45) is 0 Å². The second-order valence-corrected chi connectivity index (χ2v) is 6.87. The average molecular weight is 395 g/mol. The van der Waals surface area contributed by atoms with Gasteiger partial charge >= 0.3 is 0 Å². The fourth-order valence-electron chi connectivity index (χ4n) is 2.39. The third-order valence-corrected chi connectivity index (χ3v) is 4.59. The van der Waals surface area contributed by atoms with Gasteiger partial charge in [0.15, 0.2) is 5.13 Å². The zero-order chi connectivity index (χ0) is 19.9. The normalized spacial score (nSPS) is 11.9. The molecule has 2 amide bonds. The summed E-state index contributed by atoms with van der Waals surface area (Å²) in [6.45, 7) is 1.59. The molecule has 0 aliphatic carbocycles. The van der Waals surface area contributed by atoms with E-state index in [1.54, 1.807) is 30.5 Å². The summed E-state index contributed by atoms with van der Waals surface area (Å²) < 4.78 is 13.3. The maximum Gasteiger partial charge on any atom is 0.248 e. The van der Waals surface area contributed by atoms with Crippen molar-refractivity contribution >= 4 is 34.4 Å². The summed E-state index contributed by atoms with van der Waals surface area (Å²) in [5.74, 6) is -1.11. The van der Waals surface area contributed by atoms with Crippen LogP contribution in [0.1, 0.15) is 12.5 Å². The molecule has 0 fully saturated rings. The van der Waals surface area contributed by atoms with E-state index in [0.717, 1.165) is 5.56 Å². The molecule has 1 aromatic heterocycles. The van der Waals surface area contributed by atoms with Crippen LogP contribution in [-0.2, 0) is 9.59 Å². The van der Waals surface area contributed by atoms with Crippen molar-refractivity contribution in [1.82, 2.24) is 10.3 Å². The minimum atomic E-state index is -0.741. The van der Waals surface area contributed by atoms with Crippen molar-refractivity contribution in [2.45, 2.75) is 13.0 Å². The number of thiazole rings is 1. The van der Waals surface area contributed by atoms with Gasteiger partial charge in [-0.25, -0.2) is 9.37 Å². The van der Waals surface area contributed by atoms with Gasteiger partial charge in [0.05, 0.1) is 5.69 Å². The van der Waals surface area contributed by atoms with Gasteiger partial charge in [-0.15, -0.1) is 11.3 Å². The quantitative estimate of drug-likeness (QED) is 0.617. The topological polar surface area (TPSA) is 71.1 Å². The fourth-order valence-corrected chi connectivity index (χ4v) is 3.11. The largest absolute Gasteiger partial charge is 0.341 e. The minimum Gasteiger partial charge on any atom is -0.341 e. The SMILES string of the molecule is CC(NC(=O)/C=C/c1ccccc1)C(=O)Nc1nc(-c2cccc(F)c2)cs1. The van der Waals surface area contributed by atoms with Gasteiger partial charge in [-0.2, -0.15) is 0 Å². The molecule has 0 spiro atoms. The summed E-state index contributed by atoms with van der Waals surface area (Å²) in [5.41, 5.74) is 2.09. The molecule has 142 valence electrons. The molecule has 0 aliphatic rings. The van der Waals surface area contributed by atoms with Crippen LogP contribution in [0.3, 0.4) is 0 Å². The number of hydrogen-bond acceptors (Lipinski definition) is 4. The molecule has 1 atom stereocenters. The van der Waals surface area contributed by atoms with Crippen molar-refractivity contribution in [3.05, 3.63) is 77.4 Å². The van der Waals surface area contributed by atoms with E-state index >= 15 is 0 Å². The number of benzene rings is 2. The maximum absolute atomic E-state index is 13.3. The van der Waals surface area contributed by atoms with Crippen LogP contribution in [0.25, 0.3) is 17.3 Å². The highest BCUT2D eigenvalue weighted by molar-refractivity contribution is 7.14. The van der Waals surface area contributed by atoms with Crippen LogP contribution in [0.15, 0.2) is 66.1 Å². The third-order valence-electron chi connectivity index (χ3n) is 3.83. The van der Waals surface area contributed by atoms with E-state index in [2.05, 4.69) is 15.6 Å². The van der Waals surface area contributed by atoms with Crippen LogP contribution in [0.2, 0.25) is 0 Å². The first-order valence-electron chi connectivity index (χ1n) is 8.57. The number of carbonyl (C=O) groups excluding carboxylic acids is 2. The van der Waals surface area contributed by atoms with Crippen molar-refractivity contribution in [1.29, 1.82) is 0 Å². The number of nitrogens with zero attached hydrogens (tertiary/aromatic N) is 1. The zero-order valence-corrected chi connectivity index (χ0v) is 15.9. The molecule has 7 heteroatoms. The van der Waals surface area contributed by atoms with Crippen LogP contribution in [0.5, 0.6) is 0 Å². The Morgan fingerprint density at radius 3 is 2.68 bits per heavy atom. The van der Waals surface area contributed by atoms with E-state index in [9.17, 15) is 14.0 Å². The number of nitrogens with one attached hydrogen (secondary N) is 2. The maximum atomic E-state index is 13.3. The molecule has 3 aromatic rings. The Bertz CT molecular complexity index is 1000. The molecule has 28 heavy (non-hydrogen) atoms. The van der Waals surface area contributed by atoms with Gasteiger partial charge in [-0.1, -0.05) is 42.5 Å². The second-order valence-electron chi connectivity index (χ2n) is 6.01. The third kappa shape index (κ3) is 5.34. The zero-order valence-electron chi connectivity index (χ0n) is 15.1. The van der Waals surface area contributed by atoms with Crippen LogP contribution >= 0.6 is 11.3 Å². The predicted octanol–water partition coefficient (Wildman–Crippen LogP) is 4.11. The second kappa shape index (κ2) is 9.05. The minimum absolute atomic E-state index is 0.351. The van der Waals surface area contributed by atoms with Crippen molar-refractivity contribution in [3.63, 3.8) is 0 Å². The van der Waals surface area contributed by atoms with Gasteiger partial charge in [-0.05, 0) is 30.7 Å². The van der Waals surface area contributed by atoms with Gasteiger partial charge in [-0.3, -0.25) is 9.59 Å². The van der Waals surface area contributed by atoms with Gasteiger partial charge in [0.25, 0.3) is 0 Å². The smallest absolute Gasteiger partial charge is 0.248 e. The van der Waals surface area contributed by atoms with Crippen molar-refractivity contribution < 1.29 is 14.0 Å². The number of amides is 2. The molecule has 0 aliphatic heterocycles. The van der Waals surface area contributed by atoms with Gasteiger partial charge in [0, 0.05) is 17.0 Å². The molecule has 1 unspecified atom stereocenters. The van der Waals surface area contributed by atoms with Crippen LogP contribution in [0, 0.1) is 5.82 Å². The molecule has 0 bridgehead atoms. The van der Waals surface area contributed by atoms with E-state index in [1.165, 1.54) is 29.5 Å². The van der Waals surface area contributed by atoms with Gasteiger partial charge in [0.1, 0.15) is 11.9 Å². The fraction of sp³-hybridized carbons (Fsp3) is 0.0952. The number of rotatable bonds is 6. The predicted molar refractivity (Wildman–Crippen MR) is 109 cm³/mol. The van der Waals surface area contributed by atoms with Crippen LogP contribution in [0.4, 0.5) is 9.52 Å². The standard InChI is InChI=1S/C21H18FN3O2S/c1-14(23-19(26)11-10-15-6-3-2-4-7-15)20(27)25-21-24-18(13-28-21)16-8-5-9-17(22)12-16/h2-14H,1H3,(H,23,26)(H,24,25,27)/b11-10+. The average Bonchev–Trinajstić information content (AvgIpc) is 3.15. The Hall–Kier alpha value is -3.32. The highest BCUT2D eigenvalue weighted by Crippen LogP contribution is 2.25. The summed E-state index contributed by atoms with van der Waals surface area (Å²) in [6.07, 6.45) is 3.05. The molecule has 0 radical (unpaired) electrons. The first-order valence-corrected chi connectivity index (χ1v) is 9.45. The summed E-state index contributed by atoms with van der Waals surface area (Å²) in [5, 5.41) is 7.38. The van der Waals surface area contributed by atoms with Crippen LogP contribution in [-0.4, -0.2) is 22.8 Å². The van der Waals surface area contributed by atoms with E-state index in [1.807, 2.05) is 30.3 Å². The molecule has 2 aromatic carbocycles. The summed E-state index contributed by atoms with van der Waals surface area (Å²) >= 11 is 1.23. The Kier molecular flexibility index (Phi) is 6.29. The molecule has 5 nitrogen and oxygen atoms in total.